The number of rotatable bonds is 5. The maximum absolute atomic E-state index is 12.5. The lowest BCUT2D eigenvalue weighted by Gasteiger charge is -2.32. The second-order valence-corrected chi connectivity index (χ2v) is 6.62. The Bertz CT molecular complexity index is 900. The Morgan fingerprint density at radius 3 is 3.27 bits per heavy atom. The molecule has 3 aromatic heterocycles. The molecular formula is C19H23N5O2. The molecule has 26 heavy (non-hydrogen) atoms. The van der Waals surface area contributed by atoms with Crippen LogP contribution in [-0.2, 0) is 11.3 Å². The van der Waals surface area contributed by atoms with Gasteiger partial charge in [-0.25, -0.2) is 4.98 Å². The molecule has 0 aliphatic carbocycles. The Morgan fingerprint density at radius 1 is 1.46 bits per heavy atom. The quantitative estimate of drug-likeness (QED) is 0.738. The highest BCUT2D eigenvalue weighted by atomic mass is 16.5. The number of hydrogen-bond acceptors (Lipinski definition) is 4. The summed E-state index contributed by atoms with van der Waals surface area (Å²) in [7, 11) is 0. The lowest BCUT2D eigenvalue weighted by molar-refractivity contribution is -0.0321. The van der Waals surface area contributed by atoms with Crippen molar-refractivity contribution in [1.29, 1.82) is 0 Å². The van der Waals surface area contributed by atoms with Crippen LogP contribution in [0.3, 0.4) is 0 Å². The van der Waals surface area contributed by atoms with Gasteiger partial charge in [-0.1, -0.05) is 0 Å². The molecule has 3 aromatic rings. The highest BCUT2D eigenvalue weighted by molar-refractivity contribution is 5.96. The van der Waals surface area contributed by atoms with Gasteiger partial charge >= 0.3 is 0 Å². The van der Waals surface area contributed by atoms with Gasteiger partial charge in [-0.3, -0.25) is 9.48 Å². The summed E-state index contributed by atoms with van der Waals surface area (Å²) in [6.45, 7) is 4.20. The van der Waals surface area contributed by atoms with Crippen LogP contribution in [0.25, 0.3) is 11.0 Å². The first-order chi connectivity index (χ1) is 12.8. The number of amides is 1. The zero-order valence-electron chi connectivity index (χ0n) is 14.8. The van der Waals surface area contributed by atoms with Crippen LogP contribution in [0.1, 0.15) is 41.9 Å². The highest BCUT2D eigenvalue weighted by Crippen LogP contribution is 2.33. The first-order valence-corrected chi connectivity index (χ1v) is 9.11. The summed E-state index contributed by atoms with van der Waals surface area (Å²) in [6, 6.07) is 5.78. The summed E-state index contributed by atoms with van der Waals surface area (Å²) in [5, 5.41) is 8.34. The topological polar surface area (TPSA) is 84.8 Å². The SMILES string of the molecule is CCn1nccc1[C@@H]1OCCC[C@H]1CNC(=O)c1cnc2[nH]ccc2c1. The molecule has 1 aliphatic heterocycles. The Balaban J connectivity index is 1.45. The fourth-order valence-corrected chi connectivity index (χ4v) is 3.62. The number of nitrogens with one attached hydrogen (secondary N) is 2. The minimum Gasteiger partial charge on any atom is -0.372 e. The molecule has 0 aromatic carbocycles. The lowest BCUT2D eigenvalue weighted by atomic mass is 9.92. The normalized spacial score (nSPS) is 20.3. The predicted octanol–water partition coefficient (Wildman–Crippen LogP) is 2.68. The molecule has 1 aliphatic rings. The zero-order valence-corrected chi connectivity index (χ0v) is 14.8. The van der Waals surface area contributed by atoms with Crippen molar-refractivity contribution in [3.05, 3.63) is 48.0 Å². The van der Waals surface area contributed by atoms with E-state index >= 15 is 0 Å². The number of H-pyrrole nitrogens is 1. The molecule has 1 amide bonds. The van der Waals surface area contributed by atoms with Gasteiger partial charge < -0.3 is 15.0 Å². The van der Waals surface area contributed by atoms with Gasteiger partial charge in [-0.15, -0.1) is 0 Å². The summed E-state index contributed by atoms with van der Waals surface area (Å²) < 4.78 is 8.00. The van der Waals surface area contributed by atoms with E-state index in [1.807, 2.05) is 35.3 Å². The maximum atomic E-state index is 12.5. The van der Waals surface area contributed by atoms with Crippen molar-refractivity contribution in [2.45, 2.75) is 32.4 Å². The number of nitrogens with zero attached hydrogens (tertiary/aromatic N) is 3. The van der Waals surface area contributed by atoms with Crippen LogP contribution >= 0.6 is 0 Å². The molecule has 1 fully saturated rings. The number of aryl methyl sites for hydroxylation is 1. The number of aromatic nitrogens is 4. The average molecular weight is 353 g/mol. The van der Waals surface area contributed by atoms with E-state index in [-0.39, 0.29) is 17.9 Å². The molecule has 136 valence electrons. The fraction of sp³-hybridized carbons (Fsp3) is 0.421. The van der Waals surface area contributed by atoms with Gasteiger partial charge in [-0.05, 0) is 38.0 Å². The molecular weight excluding hydrogens is 330 g/mol. The third-order valence-corrected chi connectivity index (χ3v) is 4.97. The molecule has 4 heterocycles. The first-order valence-electron chi connectivity index (χ1n) is 9.11. The van der Waals surface area contributed by atoms with Gasteiger partial charge in [0.05, 0.1) is 11.3 Å². The molecule has 0 saturated carbocycles. The molecule has 1 saturated heterocycles. The van der Waals surface area contributed by atoms with Gasteiger partial charge in [0.15, 0.2) is 0 Å². The van der Waals surface area contributed by atoms with Crippen molar-refractivity contribution in [2.75, 3.05) is 13.2 Å². The van der Waals surface area contributed by atoms with E-state index in [1.54, 1.807) is 6.20 Å². The van der Waals surface area contributed by atoms with Gasteiger partial charge in [0, 0.05) is 49.6 Å². The van der Waals surface area contributed by atoms with E-state index < -0.39 is 0 Å². The Kier molecular flexibility index (Phi) is 4.71. The number of carbonyl (C=O) groups is 1. The smallest absolute Gasteiger partial charge is 0.252 e. The fourth-order valence-electron chi connectivity index (χ4n) is 3.62. The minimum absolute atomic E-state index is 0.0308. The number of fused-ring (bicyclic) bond motifs is 1. The van der Waals surface area contributed by atoms with E-state index in [0.717, 1.165) is 42.7 Å². The number of carbonyl (C=O) groups excluding carboxylic acids is 1. The van der Waals surface area contributed by atoms with Crippen LogP contribution in [0.4, 0.5) is 0 Å². The molecule has 0 radical (unpaired) electrons. The van der Waals surface area contributed by atoms with Crippen molar-refractivity contribution < 1.29 is 9.53 Å². The predicted molar refractivity (Wildman–Crippen MR) is 97.7 cm³/mol. The van der Waals surface area contributed by atoms with E-state index in [2.05, 4.69) is 27.3 Å². The second kappa shape index (κ2) is 7.29. The van der Waals surface area contributed by atoms with Crippen molar-refractivity contribution in [2.24, 2.45) is 5.92 Å². The van der Waals surface area contributed by atoms with E-state index in [4.69, 9.17) is 4.74 Å². The summed E-state index contributed by atoms with van der Waals surface area (Å²) >= 11 is 0. The number of hydrogen-bond donors (Lipinski definition) is 2. The van der Waals surface area contributed by atoms with E-state index in [9.17, 15) is 4.79 Å². The van der Waals surface area contributed by atoms with Crippen LogP contribution in [0.2, 0.25) is 0 Å². The number of pyridine rings is 1. The summed E-state index contributed by atoms with van der Waals surface area (Å²) in [4.78, 5) is 19.9. The van der Waals surface area contributed by atoms with Crippen LogP contribution in [-0.4, -0.2) is 38.8 Å². The Morgan fingerprint density at radius 2 is 2.38 bits per heavy atom. The maximum Gasteiger partial charge on any atom is 0.252 e. The summed E-state index contributed by atoms with van der Waals surface area (Å²) in [5.41, 5.74) is 2.45. The van der Waals surface area contributed by atoms with Gasteiger partial charge in [0.2, 0.25) is 0 Å². The minimum atomic E-state index is -0.103. The van der Waals surface area contributed by atoms with Crippen LogP contribution in [0.15, 0.2) is 36.8 Å². The highest BCUT2D eigenvalue weighted by Gasteiger charge is 2.30. The van der Waals surface area contributed by atoms with Crippen molar-refractivity contribution in [1.82, 2.24) is 25.1 Å². The number of aromatic amines is 1. The summed E-state index contributed by atoms with van der Waals surface area (Å²) in [6.07, 6.45) is 7.24. The van der Waals surface area contributed by atoms with Gasteiger partial charge in [0.1, 0.15) is 11.8 Å². The molecule has 4 rings (SSSR count). The number of ether oxygens (including phenoxy) is 1. The molecule has 0 unspecified atom stereocenters. The zero-order chi connectivity index (χ0) is 17.9. The third kappa shape index (κ3) is 3.22. The molecule has 7 nitrogen and oxygen atoms in total. The van der Waals surface area contributed by atoms with Crippen LogP contribution in [0, 0.1) is 5.92 Å². The third-order valence-electron chi connectivity index (χ3n) is 4.97. The molecule has 0 bridgehead atoms. The van der Waals surface area contributed by atoms with Crippen LogP contribution in [0.5, 0.6) is 0 Å². The molecule has 2 atom stereocenters. The summed E-state index contributed by atoms with van der Waals surface area (Å²) in [5.74, 6) is 0.132. The largest absolute Gasteiger partial charge is 0.372 e. The molecule has 2 N–H and O–H groups in total. The lowest BCUT2D eigenvalue weighted by Crippen LogP contribution is -2.35. The van der Waals surface area contributed by atoms with Crippen LogP contribution < -0.4 is 5.32 Å². The monoisotopic (exact) mass is 353 g/mol. The van der Waals surface area contributed by atoms with Crippen molar-refractivity contribution in [3.8, 4) is 0 Å². The average Bonchev–Trinajstić information content (AvgIpc) is 3.34. The van der Waals surface area contributed by atoms with Gasteiger partial charge in [-0.2, -0.15) is 5.10 Å². The van der Waals surface area contributed by atoms with E-state index in [0.29, 0.717) is 12.1 Å². The standard InChI is InChI=1S/C19H23N5O2/c1-2-24-16(6-8-23-24)17-14(4-3-9-26-17)11-22-19(25)15-10-13-5-7-20-18(13)21-12-15/h5-8,10,12,14,17H,2-4,9,11H2,1H3,(H,20,21)(H,22,25)/t14-,17+/m0/s1. The van der Waals surface area contributed by atoms with Crippen molar-refractivity contribution in [3.63, 3.8) is 0 Å². The molecule has 0 spiro atoms. The first kappa shape index (κ1) is 16.8. The Labute approximate surface area is 151 Å². The second-order valence-electron chi connectivity index (χ2n) is 6.62. The molecule has 7 heteroatoms. The van der Waals surface area contributed by atoms with Crippen molar-refractivity contribution >= 4 is 16.9 Å². The van der Waals surface area contributed by atoms with Gasteiger partial charge in [0.25, 0.3) is 5.91 Å². The Hall–Kier alpha value is -2.67. The van der Waals surface area contributed by atoms with E-state index in [1.165, 1.54) is 0 Å².